The topological polar surface area (TPSA) is 116 Å². The molecule has 11 heteroatoms. The highest BCUT2D eigenvalue weighted by molar-refractivity contribution is 7.91. The van der Waals surface area contributed by atoms with Crippen molar-refractivity contribution in [3.8, 4) is 11.5 Å². The van der Waals surface area contributed by atoms with Crippen molar-refractivity contribution in [3.63, 3.8) is 0 Å². The van der Waals surface area contributed by atoms with Crippen molar-refractivity contribution in [3.05, 3.63) is 99.4 Å². The van der Waals surface area contributed by atoms with E-state index < -0.39 is 15.4 Å². The van der Waals surface area contributed by atoms with Crippen LogP contribution in [0.25, 0.3) is 16.7 Å². The number of hydrogen-bond acceptors (Lipinski definition) is 7. The predicted octanol–water partition coefficient (Wildman–Crippen LogP) is 3.87. The van der Waals surface area contributed by atoms with Gasteiger partial charge in [-0.2, -0.15) is 0 Å². The van der Waals surface area contributed by atoms with E-state index >= 15 is 0 Å². The molecule has 3 aromatic heterocycles. The van der Waals surface area contributed by atoms with E-state index in [1.807, 2.05) is 12.1 Å². The first-order valence-electron chi connectivity index (χ1n) is 11.6. The summed E-state index contributed by atoms with van der Waals surface area (Å²) in [6, 6.07) is 17.5. The number of pyridine rings is 2. The molecule has 0 amide bonds. The summed E-state index contributed by atoms with van der Waals surface area (Å²) in [5.74, 6) is 1.13. The third-order valence-electron chi connectivity index (χ3n) is 6.27. The Morgan fingerprint density at radius 3 is 2.42 bits per heavy atom. The van der Waals surface area contributed by atoms with Crippen molar-refractivity contribution in [1.82, 2.24) is 14.0 Å². The van der Waals surface area contributed by atoms with E-state index in [1.54, 1.807) is 44.7 Å². The van der Waals surface area contributed by atoms with E-state index in [2.05, 4.69) is 4.98 Å². The second kappa shape index (κ2) is 9.96. The van der Waals surface area contributed by atoms with Gasteiger partial charge in [-0.3, -0.25) is 14.6 Å². The van der Waals surface area contributed by atoms with Crippen LogP contribution in [0.2, 0.25) is 5.02 Å². The van der Waals surface area contributed by atoms with Crippen molar-refractivity contribution in [1.29, 1.82) is 5.41 Å². The number of hydrogen-bond donors (Lipinski definition) is 1. The molecule has 2 aromatic carbocycles. The Kier molecular flexibility index (Phi) is 6.68. The van der Waals surface area contributed by atoms with E-state index in [4.69, 9.17) is 26.5 Å². The Morgan fingerprint density at radius 2 is 1.71 bits per heavy atom. The molecule has 0 atom stereocenters. The smallest absolute Gasteiger partial charge is 0.267 e. The van der Waals surface area contributed by atoms with Crippen molar-refractivity contribution in [2.24, 2.45) is 0 Å². The second-order valence-electron chi connectivity index (χ2n) is 8.49. The van der Waals surface area contributed by atoms with Crippen LogP contribution in [-0.4, -0.2) is 36.6 Å². The Hall–Kier alpha value is -4.15. The molecule has 9 nitrogen and oxygen atoms in total. The van der Waals surface area contributed by atoms with Gasteiger partial charge >= 0.3 is 0 Å². The average Bonchev–Trinajstić information content (AvgIpc) is 2.92. The SMILES string of the molecule is COc1ccc(CCn2c(=N)c(S(=O)(=O)c3ccc(Cl)cc3)cc3c(=O)n4ccccc4nc32)cc1OC. The summed E-state index contributed by atoms with van der Waals surface area (Å²) < 4.78 is 40.8. The number of aromatic nitrogens is 3. The minimum atomic E-state index is -4.15. The van der Waals surface area contributed by atoms with E-state index in [0.29, 0.717) is 28.6 Å². The number of benzene rings is 2. The van der Waals surface area contributed by atoms with Crippen molar-refractivity contribution >= 4 is 38.1 Å². The van der Waals surface area contributed by atoms with Gasteiger partial charge in [-0.1, -0.05) is 23.7 Å². The highest BCUT2D eigenvalue weighted by atomic mass is 35.5. The molecule has 0 saturated carbocycles. The fraction of sp³-hybridized carbons (Fsp3) is 0.148. The van der Waals surface area contributed by atoms with Crippen molar-refractivity contribution < 1.29 is 17.9 Å². The Morgan fingerprint density at radius 1 is 0.974 bits per heavy atom. The zero-order chi connectivity index (χ0) is 27.0. The minimum Gasteiger partial charge on any atom is -0.493 e. The van der Waals surface area contributed by atoms with Gasteiger partial charge in [0.15, 0.2) is 11.5 Å². The molecule has 194 valence electrons. The normalized spacial score (nSPS) is 11.7. The molecular weight excluding hydrogens is 528 g/mol. The lowest BCUT2D eigenvalue weighted by molar-refractivity contribution is 0.354. The van der Waals surface area contributed by atoms with Gasteiger partial charge in [-0.05, 0) is 66.6 Å². The third-order valence-corrected chi connectivity index (χ3v) is 8.30. The Labute approximate surface area is 222 Å². The molecule has 0 spiro atoms. The van der Waals surface area contributed by atoms with Gasteiger partial charge < -0.3 is 14.0 Å². The number of rotatable bonds is 7. The van der Waals surface area contributed by atoms with Gasteiger partial charge in [0.1, 0.15) is 21.7 Å². The summed E-state index contributed by atoms with van der Waals surface area (Å²) >= 11 is 5.95. The maximum Gasteiger partial charge on any atom is 0.267 e. The highest BCUT2D eigenvalue weighted by Gasteiger charge is 2.24. The molecular formula is C27H23ClN4O5S. The lowest BCUT2D eigenvalue weighted by Crippen LogP contribution is -2.30. The zero-order valence-corrected chi connectivity index (χ0v) is 22.1. The van der Waals surface area contributed by atoms with Gasteiger partial charge in [0, 0.05) is 17.8 Å². The van der Waals surface area contributed by atoms with Crippen LogP contribution in [0.1, 0.15) is 5.56 Å². The predicted molar refractivity (Wildman–Crippen MR) is 143 cm³/mol. The quantitative estimate of drug-likeness (QED) is 0.307. The first kappa shape index (κ1) is 25.5. The lowest BCUT2D eigenvalue weighted by Gasteiger charge is -2.16. The lowest BCUT2D eigenvalue weighted by atomic mass is 10.1. The van der Waals surface area contributed by atoms with Gasteiger partial charge in [0.2, 0.25) is 9.84 Å². The molecule has 38 heavy (non-hydrogen) atoms. The Bertz CT molecular complexity index is 1920. The molecule has 0 saturated heterocycles. The van der Waals surface area contributed by atoms with Gasteiger partial charge in [-0.15, -0.1) is 0 Å². The average molecular weight is 551 g/mol. The van der Waals surface area contributed by atoms with Gasteiger partial charge in [-0.25, -0.2) is 13.4 Å². The van der Waals surface area contributed by atoms with Crippen LogP contribution in [0.5, 0.6) is 11.5 Å². The van der Waals surface area contributed by atoms with Crippen molar-refractivity contribution in [2.75, 3.05) is 14.2 Å². The Balaban J connectivity index is 1.73. The second-order valence-corrected chi connectivity index (χ2v) is 10.8. The molecule has 0 bridgehead atoms. The molecule has 5 rings (SSSR count). The van der Waals surface area contributed by atoms with Crippen LogP contribution < -0.4 is 20.5 Å². The fourth-order valence-corrected chi connectivity index (χ4v) is 5.81. The summed E-state index contributed by atoms with van der Waals surface area (Å²) in [6.45, 7) is 0.185. The zero-order valence-electron chi connectivity index (χ0n) is 20.5. The fourth-order valence-electron chi connectivity index (χ4n) is 4.30. The number of methoxy groups -OCH3 is 2. The monoisotopic (exact) mass is 550 g/mol. The maximum absolute atomic E-state index is 13.6. The molecule has 0 unspecified atom stereocenters. The van der Waals surface area contributed by atoms with Gasteiger partial charge in [0.05, 0.1) is 24.5 Å². The van der Waals surface area contributed by atoms with Crippen LogP contribution in [0.3, 0.4) is 0 Å². The third kappa shape index (κ3) is 4.42. The molecule has 5 aromatic rings. The number of ether oxygens (including phenoxy) is 2. The highest BCUT2D eigenvalue weighted by Crippen LogP contribution is 2.28. The van der Waals surface area contributed by atoms with Crippen LogP contribution in [0.4, 0.5) is 0 Å². The molecule has 3 heterocycles. The van der Waals surface area contributed by atoms with Crippen LogP contribution >= 0.6 is 11.6 Å². The number of sulfone groups is 1. The van der Waals surface area contributed by atoms with E-state index in [9.17, 15) is 13.2 Å². The van der Waals surface area contributed by atoms with E-state index in [1.165, 1.54) is 39.3 Å². The molecule has 0 radical (unpaired) electrons. The van der Waals surface area contributed by atoms with Crippen LogP contribution in [0, 0.1) is 5.41 Å². The number of aryl methyl sites for hydroxylation is 2. The minimum absolute atomic E-state index is 0.0324. The molecule has 1 N–H and O–H groups in total. The summed E-state index contributed by atoms with van der Waals surface area (Å²) in [5, 5.41) is 9.40. The molecule has 0 aliphatic carbocycles. The first-order valence-corrected chi connectivity index (χ1v) is 13.4. The summed E-state index contributed by atoms with van der Waals surface area (Å²) in [6.07, 6.45) is 1.98. The van der Waals surface area contributed by atoms with Crippen LogP contribution in [-0.2, 0) is 22.8 Å². The summed E-state index contributed by atoms with van der Waals surface area (Å²) in [7, 11) is -1.06. The first-order chi connectivity index (χ1) is 18.2. The molecule has 0 fully saturated rings. The summed E-state index contributed by atoms with van der Waals surface area (Å²) in [5.41, 5.74) is 0.767. The van der Waals surface area contributed by atoms with Crippen molar-refractivity contribution in [2.45, 2.75) is 22.8 Å². The summed E-state index contributed by atoms with van der Waals surface area (Å²) in [4.78, 5) is 17.7. The number of halogens is 1. The van der Waals surface area contributed by atoms with E-state index in [-0.39, 0.29) is 32.9 Å². The van der Waals surface area contributed by atoms with Gasteiger partial charge in [0.25, 0.3) is 5.56 Å². The molecule has 0 aliphatic rings. The number of nitrogens with one attached hydrogen (secondary N) is 1. The van der Waals surface area contributed by atoms with E-state index in [0.717, 1.165) is 5.56 Å². The number of fused-ring (bicyclic) bond motifs is 2. The number of nitrogens with zero attached hydrogens (tertiary/aromatic N) is 3. The molecule has 0 aliphatic heterocycles. The standard InChI is InChI=1S/C27H23ClN4O5S/c1-36-21-11-6-17(15-22(21)37-2)12-14-32-25(29)23(38(34,35)19-9-7-18(28)8-10-19)16-20-26(32)30-24-5-3-4-13-31(24)27(20)33/h3-11,13,15-16,29H,12,14H2,1-2H3. The maximum atomic E-state index is 13.6. The largest absolute Gasteiger partial charge is 0.493 e. The van der Waals surface area contributed by atoms with Crippen LogP contribution in [0.15, 0.2) is 87.5 Å².